The van der Waals surface area contributed by atoms with Gasteiger partial charge in [-0.15, -0.1) is 0 Å². The van der Waals surface area contributed by atoms with Crippen molar-refractivity contribution in [2.75, 3.05) is 0 Å². The molecule has 0 aromatic heterocycles. The van der Waals surface area contributed by atoms with Crippen LogP contribution in [0.1, 0.15) is 37.7 Å². The van der Waals surface area contributed by atoms with Gasteiger partial charge < -0.3 is 0 Å². The maximum absolute atomic E-state index is 14.1. The normalized spacial score (nSPS) is 18.4. The summed E-state index contributed by atoms with van der Waals surface area (Å²) in [6.45, 7) is 0. The zero-order valence-electron chi connectivity index (χ0n) is 10.0. The SMILES string of the molecule is NNC(=O)C1(c2cc(Br)ccc2F)CCCCC1. The molecule has 0 aliphatic heterocycles. The van der Waals surface area contributed by atoms with Crippen molar-refractivity contribution < 1.29 is 9.18 Å². The van der Waals surface area contributed by atoms with E-state index in [9.17, 15) is 9.18 Å². The van der Waals surface area contributed by atoms with Crippen molar-refractivity contribution in [1.29, 1.82) is 0 Å². The number of rotatable bonds is 2. The molecular weight excluding hydrogens is 299 g/mol. The quantitative estimate of drug-likeness (QED) is 0.501. The monoisotopic (exact) mass is 314 g/mol. The predicted molar refractivity (Wildman–Crippen MR) is 71.2 cm³/mol. The molecule has 3 nitrogen and oxygen atoms in total. The van der Waals surface area contributed by atoms with Gasteiger partial charge in [-0.05, 0) is 31.0 Å². The van der Waals surface area contributed by atoms with Crippen LogP contribution in [0.25, 0.3) is 0 Å². The van der Waals surface area contributed by atoms with Crippen LogP contribution in [0, 0.1) is 5.82 Å². The van der Waals surface area contributed by atoms with Gasteiger partial charge in [0.15, 0.2) is 0 Å². The number of benzene rings is 1. The number of halogens is 2. The molecule has 18 heavy (non-hydrogen) atoms. The van der Waals surface area contributed by atoms with Gasteiger partial charge in [-0.3, -0.25) is 10.2 Å². The Morgan fingerprint density at radius 2 is 2.00 bits per heavy atom. The highest BCUT2D eigenvalue weighted by atomic mass is 79.9. The highest BCUT2D eigenvalue weighted by molar-refractivity contribution is 9.10. The smallest absolute Gasteiger partial charge is 0.244 e. The van der Waals surface area contributed by atoms with Gasteiger partial charge in [0.2, 0.25) is 5.91 Å². The van der Waals surface area contributed by atoms with Gasteiger partial charge in [0, 0.05) is 10.0 Å². The second-order valence-corrected chi connectivity index (χ2v) is 5.66. The molecule has 0 atom stereocenters. The second-order valence-electron chi connectivity index (χ2n) is 4.74. The van der Waals surface area contributed by atoms with Crippen LogP contribution in [-0.2, 0) is 10.2 Å². The van der Waals surface area contributed by atoms with Gasteiger partial charge >= 0.3 is 0 Å². The molecule has 0 saturated heterocycles. The Hall–Kier alpha value is -0.940. The van der Waals surface area contributed by atoms with Crippen LogP contribution in [0.3, 0.4) is 0 Å². The lowest BCUT2D eigenvalue weighted by atomic mass is 9.68. The summed E-state index contributed by atoms with van der Waals surface area (Å²) in [4.78, 5) is 12.1. The van der Waals surface area contributed by atoms with Crippen LogP contribution in [0.4, 0.5) is 4.39 Å². The number of hydrogen-bond donors (Lipinski definition) is 2. The molecule has 1 aromatic carbocycles. The first-order chi connectivity index (χ1) is 8.60. The fraction of sp³-hybridized carbons (Fsp3) is 0.462. The first-order valence-corrected chi connectivity index (χ1v) is 6.86. The third-order valence-electron chi connectivity index (χ3n) is 3.72. The van der Waals surface area contributed by atoms with Crippen molar-refractivity contribution in [3.63, 3.8) is 0 Å². The molecule has 0 spiro atoms. The molecule has 98 valence electrons. The minimum Gasteiger partial charge on any atom is -0.293 e. The van der Waals surface area contributed by atoms with Gasteiger partial charge in [-0.1, -0.05) is 35.2 Å². The van der Waals surface area contributed by atoms with Gasteiger partial charge in [-0.2, -0.15) is 0 Å². The van der Waals surface area contributed by atoms with E-state index >= 15 is 0 Å². The number of hydrazine groups is 1. The maximum Gasteiger partial charge on any atom is 0.244 e. The van der Waals surface area contributed by atoms with Crippen LogP contribution in [0.5, 0.6) is 0 Å². The molecule has 1 fully saturated rings. The van der Waals surface area contributed by atoms with Crippen molar-refractivity contribution in [2.45, 2.75) is 37.5 Å². The lowest BCUT2D eigenvalue weighted by Gasteiger charge is -2.36. The molecule has 0 radical (unpaired) electrons. The Kier molecular flexibility index (Phi) is 4.02. The lowest BCUT2D eigenvalue weighted by Crippen LogP contribution is -2.48. The number of amides is 1. The highest BCUT2D eigenvalue weighted by Crippen LogP contribution is 2.41. The Labute approximate surface area is 114 Å². The second kappa shape index (κ2) is 5.36. The van der Waals surface area contributed by atoms with E-state index in [1.54, 1.807) is 12.1 Å². The third kappa shape index (κ3) is 2.29. The molecule has 2 rings (SSSR count). The standard InChI is InChI=1S/C13H16BrFN2O/c14-9-4-5-11(15)10(8-9)13(12(18)17-16)6-2-1-3-7-13/h4-5,8H,1-3,6-7,16H2,(H,17,18). The summed E-state index contributed by atoms with van der Waals surface area (Å²) in [6, 6.07) is 4.71. The predicted octanol–water partition coefficient (Wildman–Crippen LogP) is 2.78. The zero-order valence-corrected chi connectivity index (χ0v) is 11.6. The first kappa shape index (κ1) is 13.5. The van der Waals surface area contributed by atoms with Crippen LogP contribution < -0.4 is 11.3 Å². The summed E-state index contributed by atoms with van der Waals surface area (Å²) in [5.74, 6) is 4.64. The van der Waals surface area contributed by atoms with E-state index < -0.39 is 5.41 Å². The van der Waals surface area contributed by atoms with Gasteiger partial charge in [-0.25, -0.2) is 10.2 Å². The molecule has 1 saturated carbocycles. The first-order valence-electron chi connectivity index (χ1n) is 6.07. The summed E-state index contributed by atoms with van der Waals surface area (Å²) in [5, 5.41) is 0. The van der Waals surface area contributed by atoms with Crippen molar-refractivity contribution in [1.82, 2.24) is 5.43 Å². The fourth-order valence-electron chi connectivity index (χ4n) is 2.78. The highest BCUT2D eigenvalue weighted by Gasteiger charge is 2.42. The minimum atomic E-state index is -0.819. The maximum atomic E-state index is 14.1. The van der Waals surface area contributed by atoms with E-state index in [0.29, 0.717) is 18.4 Å². The van der Waals surface area contributed by atoms with E-state index in [1.165, 1.54) is 6.07 Å². The molecule has 1 aliphatic rings. The molecule has 1 aliphatic carbocycles. The lowest BCUT2D eigenvalue weighted by molar-refractivity contribution is -0.128. The number of carbonyl (C=O) groups excluding carboxylic acids is 1. The zero-order chi connectivity index (χ0) is 13.2. The van der Waals surface area contributed by atoms with E-state index in [-0.39, 0.29) is 11.7 Å². The minimum absolute atomic E-state index is 0.292. The van der Waals surface area contributed by atoms with E-state index in [4.69, 9.17) is 5.84 Å². The summed E-state index contributed by atoms with van der Waals surface area (Å²) >= 11 is 3.33. The van der Waals surface area contributed by atoms with E-state index in [1.807, 2.05) is 0 Å². The summed E-state index contributed by atoms with van der Waals surface area (Å²) < 4.78 is 14.8. The van der Waals surface area contributed by atoms with Crippen LogP contribution in [0.15, 0.2) is 22.7 Å². The van der Waals surface area contributed by atoms with E-state index in [2.05, 4.69) is 21.4 Å². The van der Waals surface area contributed by atoms with Crippen molar-refractivity contribution in [2.24, 2.45) is 5.84 Å². The molecule has 0 heterocycles. The summed E-state index contributed by atoms with van der Waals surface area (Å²) in [6.07, 6.45) is 4.20. The number of nitrogens with two attached hydrogens (primary N) is 1. The number of carbonyl (C=O) groups is 1. The summed E-state index contributed by atoms with van der Waals surface area (Å²) in [7, 11) is 0. The Balaban J connectivity index is 2.51. The van der Waals surface area contributed by atoms with Crippen LogP contribution in [-0.4, -0.2) is 5.91 Å². The average Bonchev–Trinajstić information content (AvgIpc) is 2.41. The topological polar surface area (TPSA) is 55.1 Å². The van der Waals surface area contributed by atoms with Crippen LogP contribution in [0.2, 0.25) is 0 Å². The van der Waals surface area contributed by atoms with E-state index in [0.717, 1.165) is 23.7 Å². The molecule has 3 N–H and O–H groups in total. The fourth-order valence-corrected chi connectivity index (χ4v) is 3.14. The average molecular weight is 315 g/mol. The van der Waals surface area contributed by atoms with Gasteiger partial charge in [0.05, 0.1) is 5.41 Å². The molecule has 0 bridgehead atoms. The Morgan fingerprint density at radius 3 is 2.61 bits per heavy atom. The van der Waals surface area contributed by atoms with Crippen molar-refractivity contribution in [3.8, 4) is 0 Å². The van der Waals surface area contributed by atoms with Crippen LogP contribution >= 0.6 is 15.9 Å². The van der Waals surface area contributed by atoms with Gasteiger partial charge in [0.25, 0.3) is 0 Å². The Bertz CT molecular complexity index is 458. The largest absolute Gasteiger partial charge is 0.293 e. The molecule has 5 heteroatoms. The number of nitrogens with one attached hydrogen (secondary N) is 1. The Morgan fingerprint density at radius 1 is 1.33 bits per heavy atom. The molecule has 0 unspecified atom stereocenters. The third-order valence-corrected chi connectivity index (χ3v) is 4.21. The van der Waals surface area contributed by atoms with Gasteiger partial charge in [0.1, 0.15) is 5.82 Å². The molecule has 1 amide bonds. The van der Waals surface area contributed by atoms with Crippen molar-refractivity contribution in [3.05, 3.63) is 34.1 Å². The number of hydrogen-bond acceptors (Lipinski definition) is 2. The summed E-state index contributed by atoms with van der Waals surface area (Å²) in [5.41, 5.74) is 1.83. The molecular formula is C13H16BrFN2O. The van der Waals surface area contributed by atoms with Crippen molar-refractivity contribution >= 4 is 21.8 Å². The molecule has 1 aromatic rings.